The lowest BCUT2D eigenvalue weighted by molar-refractivity contribution is -0.162. The summed E-state index contributed by atoms with van der Waals surface area (Å²) in [5.74, 6) is -1.72. The lowest BCUT2D eigenvalue weighted by atomic mass is 9.65. The van der Waals surface area contributed by atoms with Crippen LogP contribution in [0.15, 0.2) is 48.5 Å². The second kappa shape index (κ2) is 11.0. The summed E-state index contributed by atoms with van der Waals surface area (Å²) in [6, 6.07) is 13.7. The van der Waals surface area contributed by atoms with Crippen molar-refractivity contribution in [1.29, 1.82) is 0 Å². The van der Waals surface area contributed by atoms with Gasteiger partial charge in [0.15, 0.2) is 9.84 Å². The molecule has 0 unspecified atom stereocenters. The van der Waals surface area contributed by atoms with Crippen LogP contribution in [0.3, 0.4) is 0 Å². The Bertz CT molecular complexity index is 1260. The zero-order chi connectivity index (χ0) is 27.0. The zero-order valence-electron chi connectivity index (χ0n) is 21.1. The maximum absolute atomic E-state index is 14.5. The van der Waals surface area contributed by atoms with Crippen LogP contribution in [-0.2, 0) is 19.4 Å². The summed E-state index contributed by atoms with van der Waals surface area (Å²) in [4.78, 5) is 28.3. The second-order valence-corrected chi connectivity index (χ2v) is 13.7. The molecule has 1 saturated carbocycles. The van der Waals surface area contributed by atoms with E-state index in [1.807, 2.05) is 37.3 Å². The first-order chi connectivity index (χ1) is 17.5. The van der Waals surface area contributed by atoms with E-state index in [-0.39, 0.29) is 35.7 Å². The summed E-state index contributed by atoms with van der Waals surface area (Å²) in [5.41, 5.74) is 0.563. The fourth-order valence-electron chi connectivity index (χ4n) is 5.82. The Kier molecular flexibility index (Phi) is 8.27. The Morgan fingerprint density at radius 3 is 2.30 bits per heavy atom. The molecule has 2 fully saturated rings. The third kappa shape index (κ3) is 5.99. The van der Waals surface area contributed by atoms with Gasteiger partial charge in [-0.15, -0.1) is 0 Å². The van der Waals surface area contributed by atoms with Gasteiger partial charge in [-0.1, -0.05) is 61.3 Å². The fraction of sp³-hybridized carbons (Fsp3) is 0.500. The number of nitrogens with zero attached hydrogens (tertiary/aromatic N) is 1. The number of amides is 1. The Balaban J connectivity index is 1.96. The van der Waals surface area contributed by atoms with E-state index in [0.29, 0.717) is 22.9 Å². The molecule has 1 aliphatic carbocycles. The van der Waals surface area contributed by atoms with E-state index < -0.39 is 33.3 Å². The molecule has 1 N–H and O–H groups in total. The van der Waals surface area contributed by atoms with E-state index in [1.54, 1.807) is 30.0 Å². The molecule has 37 heavy (non-hydrogen) atoms. The number of carbonyl (C=O) groups excluding carboxylic acids is 1. The molecule has 1 amide bonds. The summed E-state index contributed by atoms with van der Waals surface area (Å²) >= 11 is 12.6. The Morgan fingerprint density at radius 1 is 1.08 bits per heavy atom. The van der Waals surface area contributed by atoms with Crippen molar-refractivity contribution < 1.29 is 23.1 Å². The summed E-state index contributed by atoms with van der Waals surface area (Å²) < 4.78 is 25.8. The largest absolute Gasteiger partial charge is 0.481 e. The molecule has 0 radical (unpaired) electrons. The number of sulfone groups is 1. The van der Waals surface area contributed by atoms with E-state index in [0.717, 1.165) is 24.0 Å². The van der Waals surface area contributed by atoms with Crippen LogP contribution < -0.4 is 0 Å². The molecule has 0 aromatic heterocycles. The molecule has 1 saturated heterocycles. The third-order valence-corrected chi connectivity index (χ3v) is 10.2. The fourth-order valence-corrected chi connectivity index (χ4v) is 7.33. The van der Waals surface area contributed by atoms with E-state index in [2.05, 4.69) is 0 Å². The van der Waals surface area contributed by atoms with Crippen LogP contribution in [0.4, 0.5) is 0 Å². The van der Waals surface area contributed by atoms with Gasteiger partial charge in [-0.2, -0.15) is 0 Å². The predicted octanol–water partition coefficient (Wildman–Crippen LogP) is 6.14. The van der Waals surface area contributed by atoms with Crippen LogP contribution in [0.5, 0.6) is 0 Å². The van der Waals surface area contributed by atoms with Gasteiger partial charge in [0.05, 0.1) is 23.6 Å². The molecule has 6 nitrogen and oxygen atoms in total. The highest BCUT2D eigenvalue weighted by Crippen LogP contribution is 2.55. The van der Waals surface area contributed by atoms with E-state index in [4.69, 9.17) is 23.2 Å². The lowest BCUT2D eigenvalue weighted by Crippen LogP contribution is -2.59. The van der Waals surface area contributed by atoms with E-state index in [9.17, 15) is 23.1 Å². The number of rotatable bonds is 10. The molecular formula is C28H33Cl2NO5S. The average molecular weight is 567 g/mol. The minimum Gasteiger partial charge on any atom is -0.481 e. The molecule has 9 heteroatoms. The van der Waals surface area contributed by atoms with Gasteiger partial charge in [-0.25, -0.2) is 8.42 Å². The Labute approximate surface area is 228 Å². The Hall–Kier alpha value is -2.09. The van der Waals surface area contributed by atoms with Crippen molar-refractivity contribution >= 4 is 44.9 Å². The van der Waals surface area contributed by atoms with E-state index in [1.165, 1.54) is 0 Å². The maximum atomic E-state index is 14.5. The summed E-state index contributed by atoms with van der Waals surface area (Å²) in [6.07, 6.45) is 2.00. The maximum Gasteiger partial charge on any atom is 0.304 e. The average Bonchev–Trinajstić information content (AvgIpc) is 3.70. The number of carboxylic acids is 1. The standard InChI is InChI=1S/C28H33Cl2NO5S/c1-3-28(16-25(32)33)15-23(20-6-5-7-22(30)14-20)26(19-10-12-21(29)13-11-19)31(27(28)34)24(18-8-9-18)17-37(35,36)4-2/h5-7,10-14,18,23-24,26H,3-4,8-9,15-17H2,1-2H3,(H,32,33)/t23-,24-,26-,28+/m1/s1. The molecule has 200 valence electrons. The van der Waals surface area contributed by atoms with Crippen molar-refractivity contribution in [2.24, 2.45) is 11.3 Å². The minimum atomic E-state index is -3.42. The molecular weight excluding hydrogens is 533 g/mol. The van der Waals surface area contributed by atoms with Crippen LogP contribution in [0.25, 0.3) is 0 Å². The zero-order valence-corrected chi connectivity index (χ0v) is 23.4. The van der Waals surface area contributed by atoms with Gasteiger partial charge in [-0.05, 0) is 67.0 Å². The number of carbonyl (C=O) groups is 2. The smallest absolute Gasteiger partial charge is 0.304 e. The van der Waals surface area contributed by atoms with Gasteiger partial charge in [0, 0.05) is 27.8 Å². The quantitative estimate of drug-likeness (QED) is 0.373. The molecule has 0 bridgehead atoms. The molecule has 2 aliphatic rings. The van der Waals surface area contributed by atoms with Crippen molar-refractivity contribution in [1.82, 2.24) is 4.90 Å². The van der Waals surface area contributed by atoms with Gasteiger partial charge in [0.25, 0.3) is 0 Å². The predicted molar refractivity (Wildman–Crippen MR) is 146 cm³/mol. The number of hydrogen-bond acceptors (Lipinski definition) is 4. The first-order valence-electron chi connectivity index (χ1n) is 12.8. The van der Waals surface area contributed by atoms with Gasteiger partial charge < -0.3 is 10.0 Å². The lowest BCUT2D eigenvalue weighted by Gasteiger charge is -2.53. The Morgan fingerprint density at radius 2 is 1.76 bits per heavy atom. The van der Waals surface area contributed by atoms with Crippen molar-refractivity contribution in [3.05, 3.63) is 69.7 Å². The van der Waals surface area contributed by atoms with Crippen LogP contribution in [0, 0.1) is 11.3 Å². The van der Waals surface area contributed by atoms with E-state index >= 15 is 0 Å². The topological polar surface area (TPSA) is 91.8 Å². The first kappa shape index (κ1) is 27.9. The third-order valence-electron chi connectivity index (χ3n) is 8.02. The number of benzene rings is 2. The van der Waals surface area contributed by atoms with Crippen molar-refractivity contribution in [3.63, 3.8) is 0 Å². The van der Waals surface area contributed by atoms with Gasteiger partial charge in [-0.3, -0.25) is 9.59 Å². The molecule has 2 aromatic rings. The molecule has 4 atom stereocenters. The molecule has 2 aromatic carbocycles. The molecule has 4 rings (SSSR count). The first-order valence-corrected chi connectivity index (χ1v) is 15.3. The van der Waals surface area contributed by atoms with Gasteiger partial charge >= 0.3 is 5.97 Å². The summed E-state index contributed by atoms with van der Waals surface area (Å²) in [5, 5.41) is 11.0. The number of aliphatic carboxylic acids is 1. The molecule has 1 aliphatic heterocycles. The molecule has 1 heterocycles. The van der Waals surface area contributed by atoms with Gasteiger partial charge in [0.1, 0.15) is 0 Å². The number of hydrogen-bond donors (Lipinski definition) is 1. The number of likely N-dealkylation sites (tertiary alicyclic amines) is 1. The van der Waals surface area contributed by atoms with Crippen LogP contribution in [-0.4, -0.2) is 47.8 Å². The van der Waals surface area contributed by atoms with Crippen LogP contribution in [0.2, 0.25) is 10.0 Å². The van der Waals surface area contributed by atoms with Crippen molar-refractivity contribution in [2.75, 3.05) is 11.5 Å². The minimum absolute atomic E-state index is 0.0182. The van der Waals surface area contributed by atoms with Gasteiger partial charge in [0.2, 0.25) is 5.91 Å². The summed E-state index contributed by atoms with van der Waals surface area (Å²) in [6.45, 7) is 3.45. The highest BCUT2D eigenvalue weighted by molar-refractivity contribution is 7.91. The monoisotopic (exact) mass is 565 g/mol. The second-order valence-electron chi connectivity index (χ2n) is 10.4. The SMILES string of the molecule is CC[C@@]1(CC(=O)O)C[C@H](c2cccc(Cl)c2)[C@@H](c2ccc(Cl)cc2)N([C@H](CS(=O)(=O)CC)C2CC2)C1=O. The van der Waals surface area contributed by atoms with Crippen molar-refractivity contribution in [3.8, 4) is 0 Å². The van der Waals surface area contributed by atoms with Crippen molar-refractivity contribution in [2.45, 2.75) is 64.0 Å². The number of halogens is 2. The number of carboxylic acid groups (broad SMARTS) is 1. The van der Waals surface area contributed by atoms with Crippen LogP contribution >= 0.6 is 23.2 Å². The highest BCUT2D eigenvalue weighted by Gasteiger charge is 2.56. The normalized spacial score (nSPS) is 25.2. The number of piperidine rings is 1. The highest BCUT2D eigenvalue weighted by atomic mass is 35.5. The van der Waals surface area contributed by atoms with Crippen LogP contribution in [0.1, 0.15) is 69.0 Å². The summed E-state index contributed by atoms with van der Waals surface area (Å²) in [7, 11) is -3.42. The molecule has 0 spiro atoms.